The van der Waals surface area contributed by atoms with Crippen molar-refractivity contribution >= 4 is 11.6 Å². The van der Waals surface area contributed by atoms with E-state index >= 15 is 0 Å². The second kappa shape index (κ2) is 5.55. The highest BCUT2D eigenvalue weighted by Crippen LogP contribution is 2.38. The van der Waals surface area contributed by atoms with E-state index in [1.54, 1.807) is 6.20 Å². The molecule has 0 spiro atoms. The molecule has 100 valence electrons. The number of rotatable bonds is 5. The SMILES string of the molecule is CCCNc1cncc(NC2CCC(C)(C)C2)n1. The quantitative estimate of drug-likeness (QED) is 0.839. The molecule has 1 fully saturated rings. The Hall–Kier alpha value is -1.32. The summed E-state index contributed by atoms with van der Waals surface area (Å²) in [5.74, 6) is 1.75. The zero-order valence-corrected chi connectivity index (χ0v) is 11.7. The Bertz CT molecular complexity index is 389. The molecule has 1 aliphatic carbocycles. The van der Waals surface area contributed by atoms with Crippen LogP contribution < -0.4 is 10.6 Å². The summed E-state index contributed by atoms with van der Waals surface area (Å²) in [5, 5.41) is 6.76. The van der Waals surface area contributed by atoms with E-state index < -0.39 is 0 Å². The average molecular weight is 248 g/mol. The number of nitrogens with one attached hydrogen (secondary N) is 2. The molecule has 1 saturated carbocycles. The summed E-state index contributed by atoms with van der Waals surface area (Å²) in [6.07, 6.45) is 8.40. The molecule has 1 aromatic heterocycles. The fraction of sp³-hybridized carbons (Fsp3) is 0.714. The molecular weight excluding hydrogens is 224 g/mol. The van der Waals surface area contributed by atoms with E-state index in [1.165, 1.54) is 19.3 Å². The van der Waals surface area contributed by atoms with Gasteiger partial charge in [0.15, 0.2) is 0 Å². The van der Waals surface area contributed by atoms with Gasteiger partial charge >= 0.3 is 0 Å². The maximum absolute atomic E-state index is 4.54. The van der Waals surface area contributed by atoms with E-state index in [1.807, 2.05) is 6.20 Å². The Balaban J connectivity index is 1.93. The predicted molar refractivity (Wildman–Crippen MR) is 75.9 cm³/mol. The van der Waals surface area contributed by atoms with Gasteiger partial charge in [-0.2, -0.15) is 0 Å². The smallest absolute Gasteiger partial charge is 0.147 e. The first-order valence-electron chi connectivity index (χ1n) is 6.91. The normalized spacial score (nSPS) is 21.8. The van der Waals surface area contributed by atoms with Gasteiger partial charge in [-0.1, -0.05) is 20.8 Å². The van der Waals surface area contributed by atoms with E-state index in [0.717, 1.165) is 24.6 Å². The van der Waals surface area contributed by atoms with Gasteiger partial charge in [-0.15, -0.1) is 0 Å². The zero-order valence-electron chi connectivity index (χ0n) is 11.7. The molecule has 1 unspecified atom stereocenters. The van der Waals surface area contributed by atoms with E-state index in [0.29, 0.717) is 11.5 Å². The van der Waals surface area contributed by atoms with Crippen molar-refractivity contribution in [1.29, 1.82) is 0 Å². The molecule has 0 radical (unpaired) electrons. The molecule has 0 bridgehead atoms. The van der Waals surface area contributed by atoms with Gasteiger partial charge in [0.25, 0.3) is 0 Å². The van der Waals surface area contributed by atoms with Crippen LogP contribution in [0.15, 0.2) is 12.4 Å². The van der Waals surface area contributed by atoms with E-state index in [2.05, 4.69) is 41.4 Å². The Morgan fingerprint density at radius 2 is 2.11 bits per heavy atom. The van der Waals surface area contributed by atoms with Crippen molar-refractivity contribution in [2.75, 3.05) is 17.2 Å². The van der Waals surface area contributed by atoms with Crippen molar-refractivity contribution in [3.63, 3.8) is 0 Å². The van der Waals surface area contributed by atoms with Crippen LogP contribution in [0.4, 0.5) is 11.6 Å². The highest BCUT2D eigenvalue weighted by Gasteiger charge is 2.30. The lowest BCUT2D eigenvalue weighted by molar-refractivity contribution is 0.378. The van der Waals surface area contributed by atoms with Gasteiger partial charge < -0.3 is 10.6 Å². The molecule has 2 N–H and O–H groups in total. The van der Waals surface area contributed by atoms with Crippen molar-refractivity contribution in [3.05, 3.63) is 12.4 Å². The second-order valence-corrected chi connectivity index (χ2v) is 5.96. The number of anilines is 2. The lowest BCUT2D eigenvalue weighted by Gasteiger charge is -2.18. The third-order valence-corrected chi connectivity index (χ3v) is 3.51. The van der Waals surface area contributed by atoms with Gasteiger partial charge in [0.2, 0.25) is 0 Å². The van der Waals surface area contributed by atoms with Crippen molar-refractivity contribution < 1.29 is 0 Å². The molecule has 1 heterocycles. The first kappa shape index (κ1) is 13.1. The molecule has 0 amide bonds. The van der Waals surface area contributed by atoms with E-state index in [9.17, 15) is 0 Å². The Morgan fingerprint density at radius 1 is 1.33 bits per heavy atom. The molecule has 0 aliphatic heterocycles. The number of hydrogen-bond acceptors (Lipinski definition) is 4. The van der Waals surface area contributed by atoms with E-state index in [-0.39, 0.29) is 0 Å². The maximum Gasteiger partial charge on any atom is 0.147 e. The summed E-state index contributed by atoms with van der Waals surface area (Å²) in [5.41, 5.74) is 0.461. The van der Waals surface area contributed by atoms with Crippen LogP contribution in [0.2, 0.25) is 0 Å². The minimum atomic E-state index is 0.461. The molecule has 1 aromatic rings. The highest BCUT2D eigenvalue weighted by molar-refractivity contribution is 5.42. The first-order valence-corrected chi connectivity index (χ1v) is 6.91. The zero-order chi connectivity index (χ0) is 13.0. The van der Waals surface area contributed by atoms with Crippen LogP contribution in [0.5, 0.6) is 0 Å². The Labute approximate surface area is 110 Å². The summed E-state index contributed by atoms with van der Waals surface area (Å²) in [4.78, 5) is 8.77. The fourth-order valence-electron chi connectivity index (χ4n) is 2.54. The Morgan fingerprint density at radius 3 is 2.78 bits per heavy atom. The lowest BCUT2D eigenvalue weighted by Crippen LogP contribution is -2.18. The van der Waals surface area contributed by atoms with Gasteiger partial charge in [-0.05, 0) is 31.1 Å². The number of hydrogen-bond donors (Lipinski definition) is 2. The molecule has 4 heteroatoms. The monoisotopic (exact) mass is 248 g/mol. The summed E-state index contributed by atoms with van der Waals surface area (Å²) in [7, 11) is 0. The molecule has 0 aromatic carbocycles. The minimum absolute atomic E-state index is 0.461. The maximum atomic E-state index is 4.54. The minimum Gasteiger partial charge on any atom is -0.369 e. The first-order chi connectivity index (χ1) is 8.59. The summed E-state index contributed by atoms with van der Waals surface area (Å²) < 4.78 is 0. The largest absolute Gasteiger partial charge is 0.369 e. The van der Waals surface area contributed by atoms with Gasteiger partial charge in [0.05, 0.1) is 12.4 Å². The predicted octanol–water partition coefficient (Wildman–Crippen LogP) is 3.29. The van der Waals surface area contributed by atoms with Crippen LogP contribution >= 0.6 is 0 Å². The molecule has 0 saturated heterocycles. The Kier molecular flexibility index (Phi) is 4.04. The van der Waals surface area contributed by atoms with Crippen LogP contribution in [0.3, 0.4) is 0 Å². The molecule has 1 atom stereocenters. The summed E-state index contributed by atoms with van der Waals surface area (Å²) >= 11 is 0. The summed E-state index contributed by atoms with van der Waals surface area (Å²) in [6, 6.07) is 0.538. The summed E-state index contributed by atoms with van der Waals surface area (Å²) in [6.45, 7) is 7.75. The fourth-order valence-corrected chi connectivity index (χ4v) is 2.54. The van der Waals surface area contributed by atoms with Gasteiger partial charge in [-0.25, -0.2) is 4.98 Å². The third kappa shape index (κ3) is 3.59. The van der Waals surface area contributed by atoms with Crippen molar-refractivity contribution in [2.24, 2.45) is 5.41 Å². The lowest BCUT2D eigenvalue weighted by atomic mass is 9.92. The van der Waals surface area contributed by atoms with Crippen molar-refractivity contribution in [2.45, 2.75) is 52.5 Å². The molecule has 1 aliphatic rings. The van der Waals surface area contributed by atoms with Gasteiger partial charge in [0, 0.05) is 12.6 Å². The van der Waals surface area contributed by atoms with Gasteiger partial charge in [0.1, 0.15) is 11.6 Å². The number of aromatic nitrogens is 2. The molecule has 18 heavy (non-hydrogen) atoms. The topological polar surface area (TPSA) is 49.8 Å². The highest BCUT2D eigenvalue weighted by atomic mass is 15.1. The van der Waals surface area contributed by atoms with E-state index in [4.69, 9.17) is 0 Å². The average Bonchev–Trinajstić information content (AvgIpc) is 2.66. The molecular formula is C14H24N4. The van der Waals surface area contributed by atoms with Crippen molar-refractivity contribution in [3.8, 4) is 0 Å². The standard InChI is InChI=1S/C14H24N4/c1-4-7-16-12-9-15-10-13(18-12)17-11-5-6-14(2,3)8-11/h9-11H,4-8H2,1-3H3,(H2,16,17,18). The van der Waals surface area contributed by atoms with Crippen LogP contribution in [-0.4, -0.2) is 22.6 Å². The molecule has 4 nitrogen and oxygen atoms in total. The van der Waals surface area contributed by atoms with Crippen molar-refractivity contribution in [1.82, 2.24) is 9.97 Å². The van der Waals surface area contributed by atoms with Crippen LogP contribution in [0.1, 0.15) is 46.5 Å². The second-order valence-electron chi connectivity index (χ2n) is 5.96. The van der Waals surface area contributed by atoms with Crippen LogP contribution in [0, 0.1) is 5.41 Å². The third-order valence-electron chi connectivity index (χ3n) is 3.51. The molecule has 2 rings (SSSR count). The number of nitrogens with zero attached hydrogens (tertiary/aromatic N) is 2. The van der Waals surface area contributed by atoms with Gasteiger partial charge in [-0.3, -0.25) is 4.98 Å². The van der Waals surface area contributed by atoms with Crippen LogP contribution in [-0.2, 0) is 0 Å². The van der Waals surface area contributed by atoms with Crippen LogP contribution in [0.25, 0.3) is 0 Å².